The number of rotatable bonds is 12. The van der Waals surface area contributed by atoms with Crippen LogP contribution in [0.3, 0.4) is 0 Å². The van der Waals surface area contributed by atoms with E-state index in [4.69, 9.17) is 66.3 Å². The molecule has 16 bridgehead atoms. The minimum atomic E-state index is -0.905. The Bertz CT molecular complexity index is 5120. The summed E-state index contributed by atoms with van der Waals surface area (Å²) in [5.74, 6) is -4.12. The van der Waals surface area contributed by atoms with Crippen LogP contribution in [0.5, 0.6) is 46.0 Å². The summed E-state index contributed by atoms with van der Waals surface area (Å²) in [5.41, 5.74) is -0.332. The Balaban J connectivity index is 0.900. The van der Waals surface area contributed by atoms with Crippen LogP contribution in [0.4, 0.5) is 0 Å². The summed E-state index contributed by atoms with van der Waals surface area (Å²) in [5, 5.41) is 4.97. The van der Waals surface area contributed by atoms with Crippen molar-refractivity contribution in [1.82, 2.24) is 0 Å². The van der Waals surface area contributed by atoms with Gasteiger partial charge >= 0.3 is 47.8 Å². The molecule has 7 aliphatic rings. The Labute approximate surface area is 681 Å². The number of carbonyl (C=O) groups is 8. The van der Waals surface area contributed by atoms with Crippen LogP contribution in [0.25, 0.3) is 65.3 Å². The SMILES string of the molecule is CC(C)(C)OC(=O)COc1c2cc3ccccc3c1-c1c(OCC(=O)OC(C)(C)C)c(cc3ccccc13)COC(=O)c1ccc(cc1)Oc1ccc(cc1)C(=O)OCc1cc3ccccc3c(c1OCC(=O)OC(C)(C)C)-c1c(OCC(=O)OC(C)(C)C)c(cc3ccccc13)COC(=O)c1ccc(cc1)Oc1ccc(cc1)C(=O)OC2. The zero-order chi connectivity index (χ0) is 83.8. The van der Waals surface area contributed by atoms with Crippen molar-refractivity contribution in [3.05, 3.63) is 263 Å². The average Bonchev–Trinajstić information content (AvgIpc) is 0.740. The number of hydrogen-bond acceptors (Lipinski definition) is 22. The summed E-state index contributed by atoms with van der Waals surface area (Å²) in [4.78, 5) is 113. The van der Waals surface area contributed by atoms with E-state index in [-0.39, 0.29) is 45.3 Å². The summed E-state index contributed by atoms with van der Waals surface area (Å²) in [6.45, 7) is 16.7. The summed E-state index contributed by atoms with van der Waals surface area (Å²) in [6.07, 6.45) is 0. The molecule has 0 saturated heterocycles. The fourth-order valence-corrected chi connectivity index (χ4v) is 13.5. The van der Waals surface area contributed by atoms with Gasteiger partial charge in [0.2, 0.25) is 0 Å². The van der Waals surface area contributed by atoms with E-state index in [0.29, 0.717) is 111 Å². The lowest BCUT2D eigenvalue weighted by atomic mass is 9.88. The van der Waals surface area contributed by atoms with E-state index in [1.807, 2.05) is 97.1 Å². The second kappa shape index (κ2) is 34.7. The highest BCUT2D eigenvalue weighted by atomic mass is 16.6. The van der Waals surface area contributed by atoms with E-state index in [1.54, 1.807) is 156 Å². The molecule has 0 N–H and O–H groups in total. The van der Waals surface area contributed by atoms with Crippen molar-refractivity contribution < 1.29 is 105 Å². The quantitative estimate of drug-likeness (QED) is 0.0812. The van der Waals surface area contributed by atoms with Crippen LogP contribution in [-0.2, 0) is 83.5 Å². The maximum Gasteiger partial charge on any atom is 0.344 e. The van der Waals surface area contributed by atoms with Gasteiger partial charge in [-0.1, -0.05) is 97.1 Å². The number of ether oxygens (including phenoxy) is 14. The van der Waals surface area contributed by atoms with Crippen LogP contribution in [-0.4, -0.2) is 96.6 Å². The molecule has 118 heavy (non-hydrogen) atoms. The van der Waals surface area contributed by atoms with Crippen LogP contribution < -0.4 is 28.4 Å². The molecule has 12 aromatic rings. The van der Waals surface area contributed by atoms with Gasteiger partial charge in [0.25, 0.3) is 0 Å². The monoisotopic (exact) mass is 1590 g/mol. The van der Waals surface area contributed by atoms with Gasteiger partial charge in [-0.3, -0.25) is 0 Å². The summed E-state index contributed by atoms with van der Waals surface area (Å²) in [6, 6.07) is 61.4. The van der Waals surface area contributed by atoms with Crippen molar-refractivity contribution in [2.45, 2.75) is 132 Å². The van der Waals surface area contributed by atoms with Gasteiger partial charge in [-0.05, 0) is 248 Å². The average molecular weight is 1590 g/mol. The second-order valence-corrected chi connectivity index (χ2v) is 32.0. The molecular formula is C96H88O22. The van der Waals surface area contributed by atoms with Crippen molar-refractivity contribution in [2.24, 2.45) is 0 Å². The van der Waals surface area contributed by atoms with E-state index < -0.39 is 123 Å². The molecule has 604 valence electrons. The first kappa shape index (κ1) is 82.2. The molecule has 0 spiro atoms. The molecule has 0 aliphatic carbocycles. The third-order valence-corrected chi connectivity index (χ3v) is 18.1. The highest BCUT2D eigenvalue weighted by Gasteiger charge is 2.32. The number of hydrogen-bond donors (Lipinski definition) is 0. The molecule has 0 amide bonds. The normalized spacial score (nSPS) is 13.2. The predicted molar refractivity (Wildman–Crippen MR) is 442 cm³/mol. The molecule has 22 nitrogen and oxygen atoms in total. The molecule has 0 fully saturated rings. The highest BCUT2D eigenvalue weighted by Crippen LogP contribution is 2.52. The van der Waals surface area contributed by atoms with Crippen molar-refractivity contribution in [3.8, 4) is 68.2 Å². The van der Waals surface area contributed by atoms with Crippen LogP contribution >= 0.6 is 0 Å². The highest BCUT2D eigenvalue weighted by molar-refractivity contribution is 6.13. The molecule has 0 saturated carbocycles. The number of carbonyl (C=O) groups excluding carboxylic acids is 8. The van der Waals surface area contributed by atoms with Gasteiger partial charge in [-0.15, -0.1) is 0 Å². The van der Waals surface area contributed by atoms with Gasteiger partial charge in [0.1, 0.15) is 94.8 Å². The Kier molecular flexibility index (Phi) is 24.2. The standard InChI is InChI=1S/C96H88O22/c1-93(2,3)115-77(97)53-105-85-65-45-61-21-13-17-25-73(61)81(85)82-74-26-18-14-22-62(74)46-66(86(82)106-54-78(98)116-94(4,5)6)50-110-90(102)58-31-39-71(40-32-58)114-72-43-35-60(36-44-72)92(104)112-52-68-48-64-24-16-20-28-76(64)84(88(68)108-56-80(100)118-96(10,11)12)83-75-27-19-15-23-63(75)47-67(87(83)107-55-79(99)117-95(7,8)9)51-111-91(103)59-33-41-70(42-34-59)113-69-37-29-57(30-38-69)89(101)109-49-65/h13-48H,49-56H2,1-12H3. The molecule has 7 aliphatic heterocycles. The van der Waals surface area contributed by atoms with Gasteiger partial charge in [-0.2, -0.15) is 0 Å². The fourth-order valence-electron chi connectivity index (χ4n) is 13.5. The zero-order valence-electron chi connectivity index (χ0n) is 67.4. The minimum absolute atomic E-state index is 0.0951. The third-order valence-electron chi connectivity index (χ3n) is 18.1. The van der Waals surface area contributed by atoms with Crippen molar-refractivity contribution in [2.75, 3.05) is 26.4 Å². The lowest BCUT2D eigenvalue weighted by Gasteiger charge is -2.25. The maximum absolute atomic E-state index is 14.4. The summed E-state index contributed by atoms with van der Waals surface area (Å²) < 4.78 is 86.8. The van der Waals surface area contributed by atoms with Gasteiger partial charge in [0.15, 0.2) is 26.4 Å². The van der Waals surface area contributed by atoms with E-state index in [0.717, 1.165) is 0 Å². The molecule has 22 heteroatoms. The second-order valence-electron chi connectivity index (χ2n) is 32.0. The maximum atomic E-state index is 14.4. The van der Waals surface area contributed by atoms with Gasteiger partial charge in [-0.25, -0.2) is 38.4 Å². The molecular weight excluding hydrogens is 1510 g/mol. The van der Waals surface area contributed by atoms with Crippen LogP contribution in [0.2, 0.25) is 0 Å². The minimum Gasteiger partial charge on any atom is -0.481 e. The van der Waals surface area contributed by atoms with Crippen LogP contribution in [0, 0.1) is 0 Å². The van der Waals surface area contributed by atoms with E-state index in [1.165, 1.54) is 48.5 Å². The van der Waals surface area contributed by atoms with Gasteiger partial charge < -0.3 is 66.3 Å². The molecule has 19 rings (SSSR count). The molecule has 0 aromatic heterocycles. The summed E-state index contributed by atoms with van der Waals surface area (Å²) in [7, 11) is 0. The Morgan fingerprint density at radius 1 is 0.271 bits per heavy atom. The first-order valence-corrected chi connectivity index (χ1v) is 38.3. The Morgan fingerprint density at radius 2 is 0.458 bits per heavy atom. The molecule has 0 unspecified atom stereocenters. The van der Waals surface area contributed by atoms with Crippen LogP contribution in [0.1, 0.15) is 147 Å². The Hall–Kier alpha value is -13.8. The lowest BCUT2D eigenvalue weighted by Crippen LogP contribution is -2.28. The summed E-state index contributed by atoms with van der Waals surface area (Å²) >= 11 is 0. The predicted octanol–water partition coefficient (Wildman–Crippen LogP) is 19.8. The molecule has 12 aromatic carbocycles. The number of benzene rings is 12. The van der Waals surface area contributed by atoms with Crippen molar-refractivity contribution in [1.29, 1.82) is 0 Å². The molecule has 0 radical (unpaired) electrons. The van der Waals surface area contributed by atoms with Gasteiger partial charge in [0, 0.05) is 44.5 Å². The first-order valence-electron chi connectivity index (χ1n) is 38.3. The molecule has 7 heterocycles. The topological polar surface area (TPSA) is 266 Å². The van der Waals surface area contributed by atoms with Gasteiger partial charge in [0.05, 0.1) is 22.3 Å². The zero-order valence-corrected chi connectivity index (χ0v) is 67.4. The fraction of sp³-hybridized carbons (Fsp3) is 0.250. The van der Waals surface area contributed by atoms with Crippen LogP contribution in [0.15, 0.2) is 218 Å². The van der Waals surface area contributed by atoms with E-state index >= 15 is 0 Å². The van der Waals surface area contributed by atoms with Crippen molar-refractivity contribution >= 4 is 90.8 Å². The largest absolute Gasteiger partial charge is 0.481 e. The smallest absolute Gasteiger partial charge is 0.344 e. The first-order chi connectivity index (χ1) is 56.2. The van der Waals surface area contributed by atoms with E-state index in [2.05, 4.69) is 0 Å². The lowest BCUT2D eigenvalue weighted by molar-refractivity contribution is -0.158. The Morgan fingerprint density at radius 3 is 0.644 bits per heavy atom. The third kappa shape index (κ3) is 20.5. The van der Waals surface area contributed by atoms with Crippen molar-refractivity contribution in [3.63, 3.8) is 0 Å². The molecule has 0 atom stereocenters. The number of esters is 8. The number of fused-ring (bicyclic) bond motifs is 4. The van der Waals surface area contributed by atoms with E-state index in [9.17, 15) is 38.4 Å².